The van der Waals surface area contributed by atoms with Crippen molar-refractivity contribution >= 4 is 40.5 Å². The van der Waals surface area contributed by atoms with Crippen LogP contribution in [0.5, 0.6) is 0 Å². The average Bonchev–Trinajstić information content (AvgIpc) is 3.26. The number of hydrogen-bond donors (Lipinski definition) is 0. The van der Waals surface area contributed by atoms with E-state index in [-0.39, 0.29) is 5.04 Å². The minimum atomic E-state index is -3.59. The molecule has 0 saturated carbocycles. The van der Waals surface area contributed by atoms with Gasteiger partial charge in [0.05, 0.1) is 0 Å². The Bertz CT molecular complexity index is 883. The molecule has 204 valence electrons. The van der Waals surface area contributed by atoms with Crippen molar-refractivity contribution < 1.29 is 12.8 Å². The van der Waals surface area contributed by atoms with Gasteiger partial charge < -0.3 is 0 Å². The quantitative estimate of drug-likeness (QED) is 0.179. The van der Waals surface area contributed by atoms with Crippen molar-refractivity contribution in [2.24, 2.45) is 0 Å². The molecule has 0 aliphatic rings. The maximum atomic E-state index is 12.8. The number of hydrogen-bond acceptors (Lipinski definition) is 4. The van der Waals surface area contributed by atoms with Crippen LogP contribution >= 0.6 is 0 Å². The van der Waals surface area contributed by atoms with Gasteiger partial charge >= 0.3 is 223 Å². The van der Waals surface area contributed by atoms with Gasteiger partial charge in [-0.3, -0.25) is 0 Å². The first-order valence-corrected chi connectivity index (χ1v) is 25.3. The molecule has 0 aliphatic heterocycles. The van der Waals surface area contributed by atoms with Crippen molar-refractivity contribution in [3.63, 3.8) is 0 Å². The molecule has 0 aromatic carbocycles. The number of rotatable bonds is 16. The summed E-state index contributed by atoms with van der Waals surface area (Å²) in [5.41, 5.74) is 0.855. The molecule has 35 heavy (non-hydrogen) atoms. The summed E-state index contributed by atoms with van der Waals surface area (Å²) in [6.07, 6.45) is 12.8. The van der Waals surface area contributed by atoms with Gasteiger partial charge in [-0.15, -0.1) is 0 Å². The Labute approximate surface area is 222 Å². The van der Waals surface area contributed by atoms with Crippen LogP contribution in [0.1, 0.15) is 85.8 Å². The Morgan fingerprint density at radius 3 is 1.94 bits per heavy atom. The summed E-state index contributed by atoms with van der Waals surface area (Å²) in [6.45, 7) is 18.8. The Kier molecular flexibility index (Phi) is 13.3. The van der Waals surface area contributed by atoms with Gasteiger partial charge in [-0.2, -0.15) is 0 Å². The zero-order chi connectivity index (χ0) is 26.9. The van der Waals surface area contributed by atoms with Gasteiger partial charge in [-0.25, -0.2) is 0 Å². The zero-order valence-corrected chi connectivity index (χ0v) is 28.9. The molecule has 9 heteroatoms. The first-order valence-electron chi connectivity index (χ1n) is 13.5. The van der Waals surface area contributed by atoms with Crippen LogP contribution in [0.25, 0.3) is 3.59 Å². The van der Waals surface area contributed by atoms with Gasteiger partial charge in [0.15, 0.2) is 0 Å². The van der Waals surface area contributed by atoms with Crippen LogP contribution < -0.4 is 0 Å². The molecule has 1 aromatic heterocycles. The number of unbranched alkanes of at least 4 members (excludes halogenated alkanes) is 3. The van der Waals surface area contributed by atoms with E-state index in [1.807, 2.05) is 0 Å². The third-order valence-corrected chi connectivity index (χ3v) is 29.7. The molecular formula is C26H53N3O3SSiSn. The molecular weight excluding hydrogens is 581 g/mol. The van der Waals surface area contributed by atoms with E-state index in [1.54, 1.807) is 20.3 Å². The summed E-state index contributed by atoms with van der Waals surface area (Å²) in [5.74, 6) is 0. The molecule has 1 rings (SSSR count). The van der Waals surface area contributed by atoms with Crippen LogP contribution in [0, 0.1) is 0 Å². The third-order valence-electron chi connectivity index (χ3n) is 7.70. The summed E-state index contributed by atoms with van der Waals surface area (Å²) in [7, 11) is -2.36. The summed E-state index contributed by atoms with van der Waals surface area (Å²) < 4.78 is 40.0. The molecule has 0 radical (unpaired) electrons. The molecule has 6 nitrogen and oxygen atoms in total. The van der Waals surface area contributed by atoms with Crippen LogP contribution in [0.15, 0.2) is 18.6 Å². The number of nitrogens with zero attached hydrogens (tertiary/aromatic N) is 3. The van der Waals surface area contributed by atoms with E-state index in [1.165, 1.54) is 70.0 Å². The van der Waals surface area contributed by atoms with E-state index in [4.69, 9.17) is 9.41 Å². The molecule has 0 spiro atoms. The van der Waals surface area contributed by atoms with Crippen LogP contribution in [0.3, 0.4) is 0 Å². The fraction of sp³-hybridized carbons (Fsp3) is 0.808. The monoisotopic (exact) mass is 635 g/mol. The van der Waals surface area contributed by atoms with E-state index in [0.717, 1.165) is 5.69 Å². The van der Waals surface area contributed by atoms with Crippen molar-refractivity contribution in [3.8, 4) is 0 Å². The van der Waals surface area contributed by atoms with Gasteiger partial charge in [0.2, 0.25) is 0 Å². The second-order valence-electron chi connectivity index (χ2n) is 11.7. The first-order chi connectivity index (χ1) is 16.2. The Morgan fingerprint density at radius 1 is 1.06 bits per heavy atom. The van der Waals surface area contributed by atoms with Gasteiger partial charge in [0.25, 0.3) is 0 Å². The van der Waals surface area contributed by atoms with Gasteiger partial charge in [-0.05, 0) is 0 Å². The van der Waals surface area contributed by atoms with Gasteiger partial charge in [0, 0.05) is 0 Å². The van der Waals surface area contributed by atoms with Crippen LogP contribution in [-0.4, -0.2) is 69.1 Å². The second-order valence-corrected chi connectivity index (χ2v) is 31.6. The zero-order valence-electron chi connectivity index (χ0n) is 24.3. The maximum absolute atomic E-state index is 12.8. The summed E-state index contributed by atoms with van der Waals surface area (Å²) >= 11 is -2.91. The van der Waals surface area contributed by atoms with Crippen molar-refractivity contribution in [3.05, 3.63) is 24.3 Å². The van der Waals surface area contributed by atoms with Gasteiger partial charge in [0.1, 0.15) is 0 Å². The Hall–Kier alpha value is -0.164. The van der Waals surface area contributed by atoms with Crippen LogP contribution in [0.2, 0.25) is 31.4 Å². The van der Waals surface area contributed by atoms with E-state index in [2.05, 4.69) is 60.7 Å². The van der Waals surface area contributed by atoms with Crippen LogP contribution in [-0.2, 0) is 14.6 Å². The topological polar surface area (TPSA) is 64.4 Å². The second kappa shape index (κ2) is 14.1. The van der Waals surface area contributed by atoms with E-state index in [0.29, 0.717) is 6.61 Å². The fourth-order valence-electron chi connectivity index (χ4n) is 4.23. The molecule has 0 fully saturated rings. The van der Waals surface area contributed by atoms with E-state index >= 15 is 0 Å². The fourth-order valence-corrected chi connectivity index (χ4v) is 22.6. The molecule has 0 saturated heterocycles. The minimum absolute atomic E-state index is 0.148. The molecule has 0 N–H and O–H groups in total. The number of imidazole rings is 1. The normalized spacial score (nSPS) is 14.2. The van der Waals surface area contributed by atoms with Crippen molar-refractivity contribution in [2.75, 3.05) is 20.7 Å². The average molecular weight is 635 g/mol. The molecule has 0 bridgehead atoms. The molecule has 1 aromatic rings. The van der Waals surface area contributed by atoms with Gasteiger partial charge in [-0.1, -0.05) is 0 Å². The molecule has 0 unspecified atom stereocenters. The van der Waals surface area contributed by atoms with Crippen molar-refractivity contribution in [2.45, 2.75) is 112 Å². The predicted octanol–water partition coefficient (Wildman–Crippen LogP) is 7.33. The SMILES string of the molecule is CCC[CH2][Sn]([CH2]CCC)([CH2]CCC)/[C](=C/CO[Si](C)(C)C(C)(C)C)c1cn(S(=O)(=O)N(C)C)cn1. The molecule has 0 aliphatic carbocycles. The third kappa shape index (κ3) is 8.97. The Balaban J connectivity index is 3.64. The van der Waals surface area contributed by atoms with Crippen molar-refractivity contribution in [1.82, 2.24) is 13.3 Å². The van der Waals surface area contributed by atoms with Crippen LogP contribution in [0.4, 0.5) is 0 Å². The summed E-state index contributed by atoms with van der Waals surface area (Å²) in [5, 5.41) is 0.148. The summed E-state index contributed by atoms with van der Waals surface area (Å²) in [4.78, 5) is 4.72. The van der Waals surface area contributed by atoms with E-state index < -0.39 is 36.9 Å². The Morgan fingerprint density at radius 2 is 1.54 bits per heavy atom. The number of aromatic nitrogens is 2. The molecule has 0 atom stereocenters. The first kappa shape index (κ1) is 32.9. The predicted molar refractivity (Wildman–Crippen MR) is 156 cm³/mol. The summed E-state index contributed by atoms with van der Waals surface area (Å²) in [6, 6.07) is 0. The molecule has 0 amide bonds. The van der Waals surface area contributed by atoms with E-state index in [9.17, 15) is 8.42 Å². The van der Waals surface area contributed by atoms with Crippen molar-refractivity contribution in [1.29, 1.82) is 0 Å². The molecule has 1 heterocycles. The standard InChI is InChI=1S/C14H26N3O3SSi.3C4H9.Sn/c1-14(2,3)22(6,7)20-10-8-9-13-11-17(12-15-13)21(18,19)16(4)5;3*1-3-4-2;/h8,11-12H,10H2,1-7H3;3*1,3-4H2,2H3;.